The molecule has 0 radical (unpaired) electrons. The minimum absolute atomic E-state index is 0.0234. The summed E-state index contributed by atoms with van der Waals surface area (Å²) in [5.74, 6) is -1.56. The molecule has 7 heteroatoms. The number of aliphatic carboxylic acids is 1. The second-order valence-electron chi connectivity index (χ2n) is 6.09. The Labute approximate surface area is 124 Å². The normalized spacial score (nSPS) is 14.5. The first-order valence-electron chi connectivity index (χ1n) is 6.96. The average molecular weight is 306 g/mol. The van der Waals surface area contributed by atoms with Crippen molar-refractivity contribution in [1.29, 1.82) is 0 Å². The highest BCUT2D eigenvalue weighted by Crippen LogP contribution is 2.22. The van der Waals surface area contributed by atoms with E-state index in [9.17, 15) is 19.8 Å². The average Bonchev–Trinajstić information content (AvgIpc) is 2.33. The molecule has 0 aliphatic heterocycles. The van der Waals surface area contributed by atoms with E-state index in [1.165, 1.54) is 0 Å². The third-order valence-electron chi connectivity index (χ3n) is 2.55. The Bertz CT molecular complexity index is 322. The van der Waals surface area contributed by atoms with Crippen molar-refractivity contribution in [3.8, 4) is 0 Å². The summed E-state index contributed by atoms with van der Waals surface area (Å²) in [5.41, 5.74) is -0.0688. The van der Waals surface area contributed by atoms with Crippen LogP contribution in [-0.2, 0) is 19.1 Å². The summed E-state index contributed by atoms with van der Waals surface area (Å²) >= 11 is 0. The maximum Gasteiger partial charge on any atom is 0.305 e. The van der Waals surface area contributed by atoms with Crippen molar-refractivity contribution in [2.75, 3.05) is 13.2 Å². The van der Waals surface area contributed by atoms with Crippen molar-refractivity contribution in [2.24, 2.45) is 5.41 Å². The van der Waals surface area contributed by atoms with Gasteiger partial charge in [0.05, 0.1) is 12.7 Å². The third-order valence-corrected chi connectivity index (χ3v) is 2.55. The number of ether oxygens (including phenoxy) is 2. The van der Waals surface area contributed by atoms with Gasteiger partial charge in [-0.15, -0.1) is 0 Å². The van der Waals surface area contributed by atoms with E-state index in [0.717, 1.165) is 0 Å². The summed E-state index contributed by atoms with van der Waals surface area (Å²) in [5, 5.41) is 27.2. The van der Waals surface area contributed by atoms with Crippen LogP contribution in [-0.4, -0.2) is 52.9 Å². The molecule has 0 rings (SSSR count). The van der Waals surface area contributed by atoms with Gasteiger partial charge in [0.2, 0.25) is 0 Å². The van der Waals surface area contributed by atoms with Crippen molar-refractivity contribution >= 4 is 11.9 Å². The number of carbonyl (C=O) groups is 2. The molecule has 2 atom stereocenters. The Balaban J connectivity index is 3.94. The van der Waals surface area contributed by atoms with E-state index >= 15 is 0 Å². The van der Waals surface area contributed by atoms with E-state index in [1.807, 2.05) is 20.8 Å². The van der Waals surface area contributed by atoms with Crippen molar-refractivity contribution in [3.63, 3.8) is 0 Å². The molecule has 0 saturated heterocycles. The van der Waals surface area contributed by atoms with Gasteiger partial charge < -0.3 is 24.8 Å². The zero-order valence-corrected chi connectivity index (χ0v) is 12.9. The van der Waals surface area contributed by atoms with Gasteiger partial charge in [-0.1, -0.05) is 20.8 Å². The fourth-order valence-corrected chi connectivity index (χ4v) is 1.72. The van der Waals surface area contributed by atoms with Gasteiger partial charge in [-0.05, 0) is 18.3 Å². The number of carbonyl (C=O) groups excluding carboxylic acids is 1. The summed E-state index contributed by atoms with van der Waals surface area (Å²) in [6, 6.07) is 0. The standard InChI is InChI=1S/C14H26O7/c1-14(2,3)7-10(8-15)21-13(19)9-20-12(18)6-4-5-11(16)17/h10,13,15,19H,4-9H2,1-3H3,(H,16,17). The second kappa shape index (κ2) is 9.70. The van der Waals surface area contributed by atoms with Gasteiger partial charge in [-0.3, -0.25) is 9.59 Å². The maximum absolute atomic E-state index is 11.3. The molecular weight excluding hydrogens is 280 g/mol. The molecule has 7 nitrogen and oxygen atoms in total. The van der Waals surface area contributed by atoms with Gasteiger partial charge in [0.25, 0.3) is 0 Å². The summed E-state index contributed by atoms with van der Waals surface area (Å²) in [6.07, 6.45) is -1.24. The Morgan fingerprint density at radius 2 is 1.81 bits per heavy atom. The topological polar surface area (TPSA) is 113 Å². The molecule has 0 aliphatic carbocycles. The van der Waals surface area contributed by atoms with Crippen LogP contribution in [0.1, 0.15) is 46.5 Å². The van der Waals surface area contributed by atoms with E-state index in [-0.39, 0.29) is 37.9 Å². The van der Waals surface area contributed by atoms with Crippen molar-refractivity contribution in [3.05, 3.63) is 0 Å². The highest BCUT2D eigenvalue weighted by atomic mass is 16.6. The molecule has 0 fully saturated rings. The molecular formula is C14H26O7. The molecule has 2 unspecified atom stereocenters. The van der Waals surface area contributed by atoms with Gasteiger partial charge in [0, 0.05) is 12.8 Å². The van der Waals surface area contributed by atoms with Crippen LogP contribution in [0.4, 0.5) is 0 Å². The van der Waals surface area contributed by atoms with E-state index in [0.29, 0.717) is 6.42 Å². The zero-order chi connectivity index (χ0) is 16.5. The molecule has 0 heterocycles. The SMILES string of the molecule is CC(C)(C)CC(CO)OC(O)COC(=O)CCCC(=O)O. The molecule has 0 saturated carbocycles. The van der Waals surface area contributed by atoms with Crippen LogP contribution in [0.5, 0.6) is 0 Å². The first kappa shape index (κ1) is 19.8. The van der Waals surface area contributed by atoms with Crippen molar-refractivity contribution < 1.29 is 34.4 Å². The number of hydrogen-bond acceptors (Lipinski definition) is 6. The lowest BCUT2D eigenvalue weighted by Gasteiger charge is -2.26. The van der Waals surface area contributed by atoms with Crippen LogP contribution in [0.2, 0.25) is 0 Å². The molecule has 0 amide bonds. The van der Waals surface area contributed by atoms with E-state index in [1.54, 1.807) is 0 Å². The van der Waals surface area contributed by atoms with Gasteiger partial charge in [-0.25, -0.2) is 0 Å². The molecule has 0 aromatic rings. The number of hydrogen-bond donors (Lipinski definition) is 3. The minimum atomic E-state index is -1.31. The number of esters is 1. The lowest BCUT2D eigenvalue weighted by Crippen LogP contribution is -2.32. The first-order chi connectivity index (χ1) is 9.64. The van der Waals surface area contributed by atoms with Gasteiger partial charge in [-0.2, -0.15) is 0 Å². The molecule has 3 N–H and O–H groups in total. The predicted molar refractivity (Wildman–Crippen MR) is 74.5 cm³/mol. The molecule has 0 aliphatic rings. The smallest absolute Gasteiger partial charge is 0.305 e. The monoisotopic (exact) mass is 306 g/mol. The summed E-state index contributed by atoms with van der Waals surface area (Å²) in [6.45, 7) is 5.36. The summed E-state index contributed by atoms with van der Waals surface area (Å²) in [7, 11) is 0. The largest absolute Gasteiger partial charge is 0.481 e. The lowest BCUT2D eigenvalue weighted by atomic mass is 9.89. The Kier molecular flexibility index (Phi) is 9.16. The second-order valence-corrected chi connectivity index (χ2v) is 6.09. The third kappa shape index (κ3) is 12.3. The number of carboxylic acid groups (broad SMARTS) is 1. The Morgan fingerprint density at radius 3 is 2.29 bits per heavy atom. The number of rotatable bonds is 10. The van der Waals surface area contributed by atoms with Crippen LogP contribution in [0.15, 0.2) is 0 Å². The van der Waals surface area contributed by atoms with Crippen molar-refractivity contribution in [1.82, 2.24) is 0 Å². The van der Waals surface area contributed by atoms with Crippen molar-refractivity contribution in [2.45, 2.75) is 58.8 Å². The predicted octanol–water partition coefficient (Wildman–Crippen LogP) is 0.917. The van der Waals surface area contributed by atoms with Gasteiger partial charge in [0.15, 0.2) is 6.29 Å². The number of aliphatic hydroxyl groups excluding tert-OH is 2. The van der Waals surface area contributed by atoms with Crippen LogP contribution >= 0.6 is 0 Å². The van der Waals surface area contributed by atoms with E-state index < -0.39 is 24.3 Å². The molecule has 21 heavy (non-hydrogen) atoms. The highest BCUT2D eigenvalue weighted by molar-refractivity contribution is 5.71. The van der Waals surface area contributed by atoms with E-state index in [4.69, 9.17) is 14.6 Å². The quantitative estimate of drug-likeness (QED) is 0.406. The highest BCUT2D eigenvalue weighted by Gasteiger charge is 2.22. The summed E-state index contributed by atoms with van der Waals surface area (Å²) < 4.78 is 9.98. The van der Waals surface area contributed by atoms with Gasteiger partial charge >= 0.3 is 11.9 Å². The molecule has 124 valence electrons. The lowest BCUT2D eigenvalue weighted by molar-refractivity contribution is -0.187. The number of carboxylic acids is 1. The number of aliphatic hydroxyl groups is 2. The molecule has 0 bridgehead atoms. The van der Waals surface area contributed by atoms with Crippen LogP contribution in [0, 0.1) is 5.41 Å². The molecule has 0 aromatic carbocycles. The first-order valence-corrected chi connectivity index (χ1v) is 6.96. The van der Waals surface area contributed by atoms with E-state index in [2.05, 4.69) is 0 Å². The minimum Gasteiger partial charge on any atom is -0.481 e. The fourth-order valence-electron chi connectivity index (χ4n) is 1.72. The Morgan fingerprint density at radius 1 is 1.19 bits per heavy atom. The summed E-state index contributed by atoms with van der Waals surface area (Å²) in [4.78, 5) is 21.6. The zero-order valence-electron chi connectivity index (χ0n) is 12.9. The van der Waals surface area contributed by atoms with Crippen LogP contribution in [0.3, 0.4) is 0 Å². The molecule has 0 spiro atoms. The van der Waals surface area contributed by atoms with Crippen LogP contribution in [0.25, 0.3) is 0 Å². The molecule has 0 aromatic heterocycles. The maximum atomic E-state index is 11.3. The Hall–Kier alpha value is -1.18. The fraction of sp³-hybridized carbons (Fsp3) is 0.857. The van der Waals surface area contributed by atoms with Crippen LogP contribution < -0.4 is 0 Å². The van der Waals surface area contributed by atoms with Gasteiger partial charge in [0.1, 0.15) is 6.61 Å².